The Labute approximate surface area is 223 Å². The Kier molecular flexibility index (Phi) is 7.63. The molecule has 40 heavy (non-hydrogen) atoms. The van der Waals surface area contributed by atoms with Crippen LogP contribution in [0, 0.1) is 0 Å². The number of carboxylic acids is 1. The van der Waals surface area contributed by atoms with Gasteiger partial charge in [0.15, 0.2) is 23.4 Å². The van der Waals surface area contributed by atoms with Crippen LogP contribution >= 0.6 is 0 Å². The molecule has 2 aromatic carbocycles. The van der Waals surface area contributed by atoms with Gasteiger partial charge in [-0.1, -0.05) is 0 Å². The summed E-state index contributed by atoms with van der Waals surface area (Å²) in [6, 6.07) is 3.97. The highest BCUT2D eigenvalue weighted by Gasteiger charge is 2.47. The van der Waals surface area contributed by atoms with E-state index in [0.717, 1.165) is 24.3 Å². The zero-order valence-electron chi connectivity index (χ0n) is 20.8. The zero-order chi connectivity index (χ0) is 29.5. The van der Waals surface area contributed by atoms with Crippen LogP contribution < -0.4 is 14.9 Å². The van der Waals surface area contributed by atoms with Gasteiger partial charge in [-0.05, 0) is 19.1 Å². The Morgan fingerprint density at radius 2 is 1.60 bits per heavy atom. The molecule has 2 heterocycles. The van der Waals surface area contributed by atoms with Gasteiger partial charge >= 0.3 is 11.9 Å². The number of hydrogen-bond acceptors (Lipinski definition) is 14. The lowest BCUT2D eigenvalue weighted by atomic mass is 9.99. The Morgan fingerprint density at radius 1 is 0.950 bits per heavy atom. The summed E-state index contributed by atoms with van der Waals surface area (Å²) in [6.07, 6.45) is -9.32. The van der Waals surface area contributed by atoms with Crippen molar-refractivity contribution in [3.05, 3.63) is 34.5 Å². The Hall–Kier alpha value is -4.73. The summed E-state index contributed by atoms with van der Waals surface area (Å²) >= 11 is 0. The fourth-order valence-corrected chi connectivity index (χ4v) is 4.20. The van der Waals surface area contributed by atoms with E-state index in [2.05, 4.69) is 0 Å². The normalized spacial score (nSPS) is 22.6. The highest BCUT2D eigenvalue weighted by molar-refractivity contribution is 5.90. The summed E-state index contributed by atoms with van der Waals surface area (Å²) < 4.78 is 26.7. The summed E-state index contributed by atoms with van der Waals surface area (Å²) in [7, 11) is 1.19. The number of phenolic OH excluding ortho intramolecular Hbond substituents is 4. The number of ether oxygens (including phenoxy) is 4. The maximum absolute atomic E-state index is 13.5. The smallest absolute Gasteiger partial charge is 0.317 e. The Bertz CT molecular complexity index is 1500. The molecule has 15 heteroatoms. The molecule has 15 nitrogen and oxygen atoms in total. The lowest BCUT2D eigenvalue weighted by molar-refractivity contribution is -0.272. The molecular weight excluding hydrogens is 540 g/mol. The molecule has 4 rings (SSSR count). The number of fused-ring (bicyclic) bond motifs is 1. The van der Waals surface area contributed by atoms with Crippen LogP contribution in [0.1, 0.15) is 13.3 Å². The molecule has 0 saturated carbocycles. The third kappa shape index (κ3) is 5.25. The van der Waals surface area contributed by atoms with Crippen LogP contribution in [0.25, 0.3) is 22.3 Å². The number of phenols is 4. The number of carbonyl (C=O) groups excluding carboxylic acids is 1. The van der Waals surface area contributed by atoms with Gasteiger partial charge in [-0.2, -0.15) is 0 Å². The number of carboxylic acid groups (broad SMARTS) is 1. The second-order valence-electron chi connectivity index (χ2n) is 8.81. The summed E-state index contributed by atoms with van der Waals surface area (Å²) in [5, 5.41) is 70.3. The molecular formula is C25H24O15. The van der Waals surface area contributed by atoms with Crippen molar-refractivity contribution in [1.82, 2.24) is 0 Å². The van der Waals surface area contributed by atoms with Crippen LogP contribution in [-0.2, 0) is 19.1 Å². The predicted molar refractivity (Wildman–Crippen MR) is 130 cm³/mol. The fraction of sp³-hybridized carbons (Fsp3) is 0.320. The van der Waals surface area contributed by atoms with E-state index in [1.165, 1.54) is 14.0 Å². The number of aliphatic carboxylic acids is 1. The summed E-state index contributed by atoms with van der Waals surface area (Å²) in [4.78, 5) is 36.1. The molecule has 0 aliphatic carbocycles. The van der Waals surface area contributed by atoms with Crippen molar-refractivity contribution in [3.63, 3.8) is 0 Å². The van der Waals surface area contributed by atoms with Gasteiger partial charge in [0.25, 0.3) is 0 Å². The molecule has 1 saturated heterocycles. The largest absolute Gasteiger partial charge is 0.508 e. The number of rotatable bonds is 7. The predicted octanol–water partition coefficient (Wildman–Crippen LogP) is 0.523. The SMILES string of the molecule is COc1c(O)cc(-c2oc3cc(O)cc(O)c3c(=O)c2OC2OC(C)C(OC(=O)CC(=O)O)C(O)C2O)cc1O. The molecule has 1 aliphatic rings. The van der Waals surface area contributed by atoms with E-state index < -0.39 is 94.4 Å². The van der Waals surface area contributed by atoms with E-state index in [1.807, 2.05) is 0 Å². The van der Waals surface area contributed by atoms with Gasteiger partial charge in [0.1, 0.15) is 41.1 Å². The summed E-state index contributed by atoms with van der Waals surface area (Å²) in [5.74, 6) is -6.41. The number of aliphatic hydroxyl groups is 2. The van der Waals surface area contributed by atoms with Gasteiger partial charge in [-0.15, -0.1) is 0 Å². The molecule has 0 spiro atoms. The standard InChI is InChI=1S/C25H24O15/c1-8-21(39-16(32)7-15(30)31)19(34)20(35)25(37-8)40-24-18(33)17-11(27)5-10(26)6-14(17)38-22(24)9-3-12(28)23(36-2)13(29)4-9/h3-6,8,19-21,25-29,34-35H,7H2,1-2H3,(H,30,31). The number of methoxy groups -OCH3 is 1. The topological polar surface area (TPSA) is 243 Å². The summed E-state index contributed by atoms with van der Waals surface area (Å²) in [6.45, 7) is 1.32. The average molecular weight is 564 g/mol. The summed E-state index contributed by atoms with van der Waals surface area (Å²) in [5.41, 5.74) is -1.49. The van der Waals surface area contributed by atoms with E-state index in [0.29, 0.717) is 0 Å². The number of esters is 1. The third-order valence-electron chi connectivity index (χ3n) is 6.01. The van der Waals surface area contributed by atoms with Gasteiger partial charge in [0.2, 0.25) is 23.2 Å². The Balaban J connectivity index is 1.79. The number of aliphatic hydroxyl groups excluding tert-OH is 2. The van der Waals surface area contributed by atoms with E-state index in [9.17, 15) is 45.0 Å². The monoisotopic (exact) mass is 564 g/mol. The van der Waals surface area contributed by atoms with Crippen molar-refractivity contribution in [2.75, 3.05) is 7.11 Å². The first kappa shape index (κ1) is 28.3. The van der Waals surface area contributed by atoms with E-state index in [-0.39, 0.29) is 16.9 Å². The molecule has 1 fully saturated rings. The molecule has 3 aromatic rings. The minimum Gasteiger partial charge on any atom is -0.508 e. The maximum atomic E-state index is 13.5. The second-order valence-corrected chi connectivity index (χ2v) is 8.81. The number of hydrogen-bond donors (Lipinski definition) is 7. The quantitative estimate of drug-likeness (QED) is 0.153. The maximum Gasteiger partial charge on any atom is 0.317 e. The molecule has 0 radical (unpaired) electrons. The van der Waals surface area contributed by atoms with Gasteiger partial charge in [0.05, 0.1) is 13.2 Å². The minimum absolute atomic E-state index is 0.146. The van der Waals surface area contributed by atoms with Crippen LogP contribution in [0.5, 0.6) is 34.5 Å². The first-order chi connectivity index (χ1) is 18.8. The van der Waals surface area contributed by atoms with Crippen molar-refractivity contribution in [1.29, 1.82) is 0 Å². The molecule has 0 amide bonds. The van der Waals surface area contributed by atoms with Gasteiger partial charge in [-0.3, -0.25) is 14.4 Å². The molecule has 1 aliphatic heterocycles. The van der Waals surface area contributed by atoms with Crippen LogP contribution in [-0.4, -0.2) is 85.5 Å². The Morgan fingerprint density at radius 3 is 2.20 bits per heavy atom. The second kappa shape index (κ2) is 10.8. The van der Waals surface area contributed by atoms with Crippen LogP contribution in [0.2, 0.25) is 0 Å². The first-order valence-corrected chi connectivity index (χ1v) is 11.5. The van der Waals surface area contributed by atoms with Crippen molar-refractivity contribution in [2.45, 2.75) is 44.1 Å². The first-order valence-electron chi connectivity index (χ1n) is 11.5. The van der Waals surface area contributed by atoms with E-state index in [1.54, 1.807) is 0 Å². The van der Waals surface area contributed by atoms with Crippen LogP contribution in [0.4, 0.5) is 0 Å². The van der Waals surface area contributed by atoms with Gasteiger partial charge in [0, 0.05) is 17.7 Å². The number of carbonyl (C=O) groups is 2. The van der Waals surface area contributed by atoms with Crippen LogP contribution in [0.3, 0.4) is 0 Å². The molecule has 5 unspecified atom stereocenters. The molecule has 0 bridgehead atoms. The van der Waals surface area contributed by atoms with Gasteiger partial charge < -0.3 is 59.1 Å². The molecule has 214 valence electrons. The zero-order valence-corrected chi connectivity index (χ0v) is 20.8. The highest BCUT2D eigenvalue weighted by atomic mass is 16.7. The fourth-order valence-electron chi connectivity index (χ4n) is 4.20. The minimum atomic E-state index is -1.96. The average Bonchev–Trinajstić information content (AvgIpc) is 2.85. The molecule has 5 atom stereocenters. The van der Waals surface area contributed by atoms with E-state index >= 15 is 0 Å². The van der Waals surface area contributed by atoms with Gasteiger partial charge in [-0.25, -0.2) is 0 Å². The van der Waals surface area contributed by atoms with Crippen molar-refractivity contribution >= 4 is 22.9 Å². The lowest BCUT2D eigenvalue weighted by Crippen LogP contribution is -2.59. The number of aromatic hydroxyl groups is 4. The lowest BCUT2D eigenvalue weighted by Gasteiger charge is -2.40. The molecule has 7 N–H and O–H groups in total. The van der Waals surface area contributed by atoms with E-state index in [4.69, 9.17) is 28.5 Å². The van der Waals surface area contributed by atoms with Crippen molar-refractivity contribution in [2.24, 2.45) is 0 Å². The van der Waals surface area contributed by atoms with Crippen LogP contribution in [0.15, 0.2) is 33.5 Å². The third-order valence-corrected chi connectivity index (χ3v) is 6.01. The van der Waals surface area contributed by atoms with Crippen molar-refractivity contribution < 1.29 is 68.7 Å². The highest BCUT2D eigenvalue weighted by Crippen LogP contribution is 2.43. The van der Waals surface area contributed by atoms with Crippen molar-refractivity contribution in [3.8, 4) is 45.8 Å². The number of benzene rings is 2. The molecule has 1 aromatic heterocycles.